The molecule has 4 nitrogen and oxygen atoms in total. The molecule has 1 heterocycles. The lowest BCUT2D eigenvalue weighted by Gasteiger charge is -2.10. The lowest BCUT2D eigenvalue weighted by atomic mass is 10.0. The Morgan fingerprint density at radius 2 is 2.21 bits per heavy atom. The van der Waals surface area contributed by atoms with Gasteiger partial charge in [0.1, 0.15) is 11.6 Å². The van der Waals surface area contributed by atoms with Gasteiger partial charge in [0.05, 0.1) is 18.0 Å². The number of rotatable bonds is 4. The third-order valence-corrected chi connectivity index (χ3v) is 2.37. The van der Waals surface area contributed by atoms with E-state index in [9.17, 15) is 18.0 Å². The van der Waals surface area contributed by atoms with Crippen molar-refractivity contribution in [1.29, 1.82) is 5.26 Å². The Morgan fingerprint density at radius 3 is 2.63 bits per heavy atom. The minimum atomic E-state index is -4.51. The van der Waals surface area contributed by atoms with Crippen LogP contribution in [0, 0.1) is 17.2 Å². The number of nitrogens with one attached hydrogen (secondary N) is 1. The van der Waals surface area contributed by atoms with Gasteiger partial charge in [-0.15, -0.1) is 0 Å². The molecule has 1 N–H and O–H groups in total. The molecule has 0 spiro atoms. The van der Waals surface area contributed by atoms with E-state index in [0.717, 1.165) is 18.3 Å². The molecule has 1 aromatic heterocycles. The second-order valence-corrected chi connectivity index (χ2v) is 3.89. The number of hydrogen-bond donors (Lipinski definition) is 1. The predicted octanol–water partition coefficient (Wildman–Crippen LogP) is 2.98. The second-order valence-electron chi connectivity index (χ2n) is 3.89. The number of amides is 1. The maximum atomic E-state index is 12.3. The van der Waals surface area contributed by atoms with Gasteiger partial charge < -0.3 is 5.32 Å². The molecular formula is C12H12F3N3O. The maximum absolute atomic E-state index is 12.3. The van der Waals surface area contributed by atoms with Gasteiger partial charge in [0.15, 0.2) is 0 Å². The Balaban J connectivity index is 2.73. The number of nitrogens with zero attached hydrogens (tertiary/aromatic N) is 2. The van der Waals surface area contributed by atoms with Crippen molar-refractivity contribution in [1.82, 2.24) is 4.98 Å². The van der Waals surface area contributed by atoms with Gasteiger partial charge >= 0.3 is 6.18 Å². The Bertz CT molecular complexity index is 476. The minimum absolute atomic E-state index is 0.134. The molecule has 0 fully saturated rings. The summed E-state index contributed by atoms with van der Waals surface area (Å²) in [7, 11) is 0. The molecule has 1 rings (SSSR count). The van der Waals surface area contributed by atoms with Crippen LogP contribution in [-0.4, -0.2) is 10.9 Å². The number of carbonyl (C=O) groups is 1. The molecule has 0 aromatic carbocycles. The van der Waals surface area contributed by atoms with Crippen molar-refractivity contribution in [2.45, 2.75) is 25.9 Å². The van der Waals surface area contributed by atoms with Gasteiger partial charge in [-0.05, 0) is 18.6 Å². The molecule has 1 amide bonds. The molecule has 7 heteroatoms. The second kappa shape index (κ2) is 6.18. The predicted molar refractivity (Wildman–Crippen MR) is 61.9 cm³/mol. The van der Waals surface area contributed by atoms with Crippen LogP contribution >= 0.6 is 0 Å². The van der Waals surface area contributed by atoms with Crippen molar-refractivity contribution in [3.05, 3.63) is 24.0 Å². The highest BCUT2D eigenvalue weighted by Crippen LogP contribution is 2.27. The molecule has 0 aliphatic rings. The van der Waals surface area contributed by atoms with Gasteiger partial charge in [0.25, 0.3) is 0 Å². The van der Waals surface area contributed by atoms with Gasteiger partial charge in [-0.2, -0.15) is 18.4 Å². The standard InChI is InChI=1S/C12H12F3N3O/c1-2-3-8(6-16)11(19)18-9-4-5-10(17-7-9)12(13,14)15/h4-5,7-8H,2-3H2,1H3,(H,18,19). The molecule has 0 aliphatic carbocycles. The molecule has 1 unspecified atom stereocenters. The van der Waals surface area contributed by atoms with Crippen molar-refractivity contribution < 1.29 is 18.0 Å². The number of hydrogen-bond acceptors (Lipinski definition) is 3. The average molecular weight is 271 g/mol. The summed E-state index contributed by atoms with van der Waals surface area (Å²) in [4.78, 5) is 14.8. The van der Waals surface area contributed by atoms with E-state index < -0.39 is 23.7 Å². The van der Waals surface area contributed by atoms with Crippen LogP contribution in [0.25, 0.3) is 0 Å². The molecule has 0 bridgehead atoms. The van der Waals surface area contributed by atoms with Crippen molar-refractivity contribution in [3.63, 3.8) is 0 Å². The van der Waals surface area contributed by atoms with Crippen molar-refractivity contribution in [3.8, 4) is 6.07 Å². The smallest absolute Gasteiger partial charge is 0.324 e. The van der Waals surface area contributed by atoms with Crippen LogP contribution < -0.4 is 5.32 Å². The summed E-state index contributed by atoms with van der Waals surface area (Å²) in [6, 6.07) is 3.73. The van der Waals surface area contributed by atoms with E-state index in [4.69, 9.17) is 5.26 Å². The van der Waals surface area contributed by atoms with E-state index in [0.29, 0.717) is 12.8 Å². The van der Waals surface area contributed by atoms with Crippen LogP contribution in [0.4, 0.5) is 18.9 Å². The van der Waals surface area contributed by atoms with E-state index in [2.05, 4.69) is 10.3 Å². The van der Waals surface area contributed by atoms with Gasteiger partial charge in [-0.1, -0.05) is 13.3 Å². The molecule has 0 radical (unpaired) electrons. The molecule has 0 aliphatic heterocycles. The molecule has 1 aromatic rings. The van der Waals surface area contributed by atoms with Gasteiger partial charge in [-0.25, -0.2) is 4.98 Å². The van der Waals surface area contributed by atoms with E-state index in [1.807, 2.05) is 13.0 Å². The normalized spacial score (nSPS) is 12.6. The van der Waals surface area contributed by atoms with Crippen molar-refractivity contribution >= 4 is 11.6 Å². The summed E-state index contributed by atoms with van der Waals surface area (Å²) in [5, 5.41) is 11.1. The third kappa shape index (κ3) is 4.25. The molecule has 19 heavy (non-hydrogen) atoms. The lowest BCUT2D eigenvalue weighted by Crippen LogP contribution is -2.21. The molecule has 1 atom stereocenters. The zero-order valence-electron chi connectivity index (χ0n) is 10.2. The van der Waals surface area contributed by atoms with Crippen molar-refractivity contribution in [2.24, 2.45) is 5.92 Å². The molecule has 102 valence electrons. The minimum Gasteiger partial charge on any atom is -0.324 e. The molecular weight excluding hydrogens is 259 g/mol. The Kier molecular flexibility index (Phi) is 4.87. The number of alkyl halides is 3. The van der Waals surface area contributed by atoms with Gasteiger partial charge in [-0.3, -0.25) is 4.79 Å². The first kappa shape index (κ1) is 15.0. The average Bonchev–Trinajstić information content (AvgIpc) is 2.35. The lowest BCUT2D eigenvalue weighted by molar-refractivity contribution is -0.141. The Morgan fingerprint density at radius 1 is 1.53 bits per heavy atom. The zero-order chi connectivity index (χ0) is 14.5. The Hall–Kier alpha value is -2.10. The summed E-state index contributed by atoms with van der Waals surface area (Å²) in [5.74, 6) is -1.35. The summed E-state index contributed by atoms with van der Waals surface area (Å²) in [6.07, 6.45) is -2.53. The summed E-state index contributed by atoms with van der Waals surface area (Å²) in [5.41, 5.74) is -0.898. The van der Waals surface area contributed by atoms with Crippen LogP contribution in [-0.2, 0) is 11.0 Å². The summed E-state index contributed by atoms with van der Waals surface area (Å²) < 4.78 is 36.8. The fourth-order valence-corrected chi connectivity index (χ4v) is 1.41. The largest absolute Gasteiger partial charge is 0.433 e. The van der Waals surface area contributed by atoms with Gasteiger partial charge in [0, 0.05) is 0 Å². The number of carbonyl (C=O) groups excluding carboxylic acids is 1. The van der Waals surface area contributed by atoms with E-state index >= 15 is 0 Å². The van der Waals surface area contributed by atoms with E-state index in [1.165, 1.54) is 0 Å². The monoisotopic (exact) mass is 271 g/mol. The Labute approximate surface area is 108 Å². The quantitative estimate of drug-likeness (QED) is 0.915. The van der Waals surface area contributed by atoms with Gasteiger partial charge in [0.2, 0.25) is 5.91 Å². The number of nitriles is 1. The number of anilines is 1. The third-order valence-electron chi connectivity index (χ3n) is 2.37. The van der Waals surface area contributed by atoms with Crippen LogP contribution in [0.1, 0.15) is 25.5 Å². The highest BCUT2D eigenvalue weighted by atomic mass is 19.4. The van der Waals surface area contributed by atoms with E-state index in [1.54, 1.807) is 0 Å². The number of aromatic nitrogens is 1. The zero-order valence-corrected chi connectivity index (χ0v) is 10.2. The summed E-state index contributed by atoms with van der Waals surface area (Å²) in [6.45, 7) is 1.83. The topological polar surface area (TPSA) is 65.8 Å². The fraction of sp³-hybridized carbons (Fsp3) is 0.417. The fourth-order valence-electron chi connectivity index (χ4n) is 1.41. The van der Waals surface area contributed by atoms with Crippen LogP contribution in [0.2, 0.25) is 0 Å². The molecule has 0 saturated carbocycles. The highest BCUT2D eigenvalue weighted by molar-refractivity contribution is 5.93. The van der Waals surface area contributed by atoms with E-state index in [-0.39, 0.29) is 5.69 Å². The maximum Gasteiger partial charge on any atom is 0.433 e. The number of halogens is 3. The van der Waals surface area contributed by atoms with Crippen LogP contribution in [0.3, 0.4) is 0 Å². The first-order valence-electron chi connectivity index (χ1n) is 5.62. The number of pyridine rings is 1. The van der Waals surface area contributed by atoms with Crippen molar-refractivity contribution in [2.75, 3.05) is 5.32 Å². The first-order chi connectivity index (χ1) is 8.88. The van der Waals surface area contributed by atoms with Crippen LogP contribution in [0.5, 0.6) is 0 Å². The molecule has 0 saturated heterocycles. The first-order valence-corrected chi connectivity index (χ1v) is 5.62. The SMILES string of the molecule is CCCC(C#N)C(=O)Nc1ccc(C(F)(F)F)nc1. The van der Waals surface area contributed by atoms with Crippen LogP contribution in [0.15, 0.2) is 18.3 Å². The highest BCUT2D eigenvalue weighted by Gasteiger charge is 2.32. The summed E-state index contributed by atoms with van der Waals surface area (Å²) >= 11 is 0.